The molecule has 2 saturated carbocycles. The molecule has 0 radical (unpaired) electrons. The van der Waals surface area contributed by atoms with Crippen molar-refractivity contribution >= 4 is 10.0 Å². The Hall–Kier alpha value is -1.07. The molecule has 2 fully saturated rings. The molecule has 2 N–H and O–H groups in total. The van der Waals surface area contributed by atoms with E-state index >= 15 is 0 Å². The molecule has 2 aliphatic carbocycles. The summed E-state index contributed by atoms with van der Waals surface area (Å²) in [4.78, 5) is 0.158. The summed E-state index contributed by atoms with van der Waals surface area (Å²) in [5.41, 5.74) is 1.07. The summed E-state index contributed by atoms with van der Waals surface area (Å²) in [6.45, 7) is 0. The molecule has 0 bridgehead atoms. The van der Waals surface area contributed by atoms with Gasteiger partial charge in [-0.3, -0.25) is 0 Å². The summed E-state index contributed by atoms with van der Waals surface area (Å²) in [5, 5.41) is 5.23. The zero-order valence-electron chi connectivity index (χ0n) is 11.0. The number of fused-ring (bicyclic) bond motifs is 1. The number of sulfonamides is 1. The SMILES string of the molecule is COc1cc(C2[C@H]3CCCC[C@@H]23)cc(S(N)(=O)=O)c1. The van der Waals surface area contributed by atoms with Crippen molar-refractivity contribution in [3.8, 4) is 5.75 Å². The molecule has 1 unspecified atom stereocenters. The van der Waals surface area contributed by atoms with Crippen molar-refractivity contribution in [3.63, 3.8) is 0 Å². The minimum Gasteiger partial charge on any atom is -0.497 e. The molecular formula is C14H19NO3S. The highest BCUT2D eigenvalue weighted by atomic mass is 32.2. The first-order chi connectivity index (χ1) is 9.00. The topological polar surface area (TPSA) is 69.4 Å². The Morgan fingerprint density at radius 2 is 1.79 bits per heavy atom. The summed E-state index contributed by atoms with van der Waals surface area (Å²) in [7, 11) is -2.13. The van der Waals surface area contributed by atoms with Crippen molar-refractivity contribution in [1.29, 1.82) is 0 Å². The average molecular weight is 281 g/mol. The highest BCUT2D eigenvalue weighted by Gasteiger charge is 2.51. The summed E-state index contributed by atoms with van der Waals surface area (Å²) >= 11 is 0. The standard InChI is InChI=1S/C14H19NO3S/c1-18-10-6-9(7-11(8-10)19(15,16)17)14-12-4-2-3-5-13(12)14/h6-8,12-14H,2-5H2,1H3,(H2,15,16,17)/t12-,13+,14?. The van der Waals surface area contributed by atoms with Gasteiger partial charge >= 0.3 is 0 Å². The Kier molecular flexibility index (Phi) is 3.06. The van der Waals surface area contributed by atoms with E-state index in [1.165, 1.54) is 31.7 Å². The molecule has 2 aliphatic rings. The van der Waals surface area contributed by atoms with E-state index in [1.54, 1.807) is 13.2 Å². The second-order valence-electron chi connectivity index (χ2n) is 5.62. The van der Waals surface area contributed by atoms with Crippen molar-refractivity contribution in [1.82, 2.24) is 0 Å². The second kappa shape index (κ2) is 4.49. The highest BCUT2D eigenvalue weighted by molar-refractivity contribution is 7.89. The van der Waals surface area contributed by atoms with Crippen molar-refractivity contribution < 1.29 is 13.2 Å². The monoisotopic (exact) mass is 281 g/mol. The van der Waals surface area contributed by atoms with Gasteiger partial charge in [0.15, 0.2) is 0 Å². The number of nitrogens with two attached hydrogens (primary N) is 1. The fourth-order valence-corrected chi connectivity index (χ4v) is 4.14. The normalized spacial score (nSPS) is 29.7. The third-order valence-corrected chi connectivity index (χ3v) is 5.40. The van der Waals surface area contributed by atoms with Gasteiger partial charge in [0.1, 0.15) is 5.75 Å². The molecule has 4 nitrogen and oxygen atoms in total. The zero-order valence-corrected chi connectivity index (χ0v) is 11.8. The van der Waals surface area contributed by atoms with Gasteiger partial charge in [-0.25, -0.2) is 13.6 Å². The maximum Gasteiger partial charge on any atom is 0.238 e. The lowest BCUT2D eigenvalue weighted by atomic mass is 10.0. The maximum atomic E-state index is 11.5. The van der Waals surface area contributed by atoms with Gasteiger partial charge in [0.2, 0.25) is 10.0 Å². The number of methoxy groups -OCH3 is 1. The average Bonchev–Trinajstić information content (AvgIpc) is 3.11. The first-order valence-corrected chi connectivity index (χ1v) is 8.27. The number of benzene rings is 1. The van der Waals surface area contributed by atoms with Crippen LogP contribution in [0.2, 0.25) is 0 Å². The predicted molar refractivity (Wildman–Crippen MR) is 72.6 cm³/mol. The first-order valence-electron chi connectivity index (χ1n) is 6.72. The van der Waals surface area contributed by atoms with Crippen LogP contribution in [0.5, 0.6) is 5.75 Å². The van der Waals surface area contributed by atoms with E-state index in [4.69, 9.17) is 9.88 Å². The van der Waals surface area contributed by atoms with Crippen molar-refractivity contribution in [3.05, 3.63) is 23.8 Å². The minimum atomic E-state index is -3.68. The molecule has 104 valence electrons. The van der Waals surface area contributed by atoms with Crippen LogP contribution in [-0.2, 0) is 10.0 Å². The molecule has 5 heteroatoms. The largest absolute Gasteiger partial charge is 0.497 e. The molecule has 0 amide bonds. The molecule has 1 aromatic rings. The molecule has 0 heterocycles. The van der Waals surface area contributed by atoms with Crippen molar-refractivity contribution in [2.75, 3.05) is 7.11 Å². The number of hydrogen-bond acceptors (Lipinski definition) is 3. The van der Waals surface area contributed by atoms with Gasteiger partial charge < -0.3 is 4.74 Å². The Morgan fingerprint density at radius 1 is 1.16 bits per heavy atom. The smallest absolute Gasteiger partial charge is 0.238 e. The van der Waals surface area contributed by atoms with Gasteiger partial charge in [0.25, 0.3) is 0 Å². The molecule has 1 aromatic carbocycles. The van der Waals surface area contributed by atoms with E-state index in [9.17, 15) is 8.42 Å². The van der Waals surface area contributed by atoms with Crippen LogP contribution in [0.15, 0.2) is 23.1 Å². The third kappa shape index (κ3) is 2.37. The van der Waals surface area contributed by atoms with Gasteiger partial charge in [-0.2, -0.15) is 0 Å². The number of primary sulfonamides is 1. The van der Waals surface area contributed by atoms with Gasteiger partial charge in [-0.15, -0.1) is 0 Å². The van der Waals surface area contributed by atoms with Crippen LogP contribution < -0.4 is 9.88 Å². The van der Waals surface area contributed by atoms with Crippen LogP contribution in [0.3, 0.4) is 0 Å². The molecule has 0 aromatic heterocycles. The van der Waals surface area contributed by atoms with Crippen LogP contribution in [0.25, 0.3) is 0 Å². The van der Waals surface area contributed by atoms with Crippen LogP contribution in [0.1, 0.15) is 37.2 Å². The van der Waals surface area contributed by atoms with E-state index < -0.39 is 10.0 Å². The molecular weight excluding hydrogens is 262 g/mol. The van der Waals surface area contributed by atoms with E-state index in [1.807, 2.05) is 6.07 Å². The van der Waals surface area contributed by atoms with Gasteiger partial charge in [-0.05, 0) is 48.3 Å². The van der Waals surface area contributed by atoms with E-state index in [0.29, 0.717) is 11.7 Å². The zero-order chi connectivity index (χ0) is 13.6. The van der Waals surface area contributed by atoms with Gasteiger partial charge in [0, 0.05) is 6.07 Å². The highest BCUT2D eigenvalue weighted by Crippen LogP contribution is 2.61. The second-order valence-corrected chi connectivity index (χ2v) is 7.19. The van der Waals surface area contributed by atoms with E-state index in [2.05, 4.69) is 0 Å². The Balaban J connectivity index is 1.98. The Labute approximate surface area is 114 Å². The Morgan fingerprint density at radius 3 is 2.32 bits per heavy atom. The van der Waals surface area contributed by atoms with Crippen LogP contribution >= 0.6 is 0 Å². The summed E-state index contributed by atoms with van der Waals surface area (Å²) < 4.78 is 28.3. The van der Waals surface area contributed by atoms with E-state index in [0.717, 1.165) is 17.4 Å². The van der Waals surface area contributed by atoms with Gasteiger partial charge in [0.05, 0.1) is 12.0 Å². The summed E-state index contributed by atoms with van der Waals surface area (Å²) in [6, 6.07) is 5.17. The fraction of sp³-hybridized carbons (Fsp3) is 0.571. The third-order valence-electron chi connectivity index (χ3n) is 4.51. The minimum absolute atomic E-state index is 0.158. The molecule has 0 aliphatic heterocycles. The van der Waals surface area contributed by atoms with Gasteiger partial charge in [-0.1, -0.05) is 12.8 Å². The molecule has 0 saturated heterocycles. The Bertz CT molecular complexity index is 585. The molecule has 3 atom stereocenters. The van der Waals surface area contributed by atoms with Crippen molar-refractivity contribution in [2.45, 2.75) is 36.5 Å². The quantitative estimate of drug-likeness (QED) is 0.923. The van der Waals surface area contributed by atoms with Crippen LogP contribution in [-0.4, -0.2) is 15.5 Å². The number of ether oxygens (including phenoxy) is 1. The van der Waals surface area contributed by atoms with Crippen LogP contribution in [0, 0.1) is 11.8 Å². The van der Waals surface area contributed by atoms with Crippen LogP contribution in [0.4, 0.5) is 0 Å². The lowest BCUT2D eigenvalue weighted by Crippen LogP contribution is -2.12. The molecule has 3 rings (SSSR count). The predicted octanol–water partition coefficient (Wildman–Crippen LogP) is 2.25. The summed E-state index contributed by atoms with van der Waals surface area (Å²) in [6.07, 6.45) is 5.11. The molecule has 19 heavy (non-hydrogen) atoms. The van der Waals surface area contributed by atoms with E-state index in [-0.39, 0.29) is 4.90 Å². The van der Waals surface area contributed by atoms with Crippen molar-refractivity contribution in [2.24, 2.45) is 17.0 Å². The fourth-order valence-electron chi connectivity index (χ4n) is 3.56. The lowest BCUT2D eigenvalue weighted by Gasteiger charge is -2.08. The molecule has 0 spiro atoms. The first kappa shape index (κ1) is 12.9. The summed E-state index contributed by atoms with van der Waals surface area (Å²) in [5.74, 6) is 2.53. The lowest BCUT2D eigenvalue weighted by molar-refractivity contribution is 0.412. The maximum absolute atomic E-state index is 11.5. The number of rotatable bonds is 3. The number of hydrogen-bond donors (Lipinski definition) is 1.